The number of amides is 1. The van der Waals surface area contributed by atoms with Gasteiger partial charge in [-0.3, -0.25) is 9.78 Å². The normalized spacial score (nSPS) is 15.8. The van der Waals surface area contributed by atoms with Crippen LogP contribution in [0.2, 0.25) is 0 Å². The Kier molecular flexibility index (Phi) is 4.89. The molecule has 0 unspecified atom stereocenters. The molecule has 1 aromatic heterocycles. The number of aromatic nitrogens is 1. The van der Waals surface area contributed by atoms with Gasteiger partial charge in [0.25, 0.3) is 5.91 Å². The van der Waals surface area contributed by atoms with Crippen molar-refractivity contribution in [1.29, 1.82) is 0 Å². The fourth-order valence-electron chi connectivity index (χ4n) is 2.42. The van der Waals surface area contributed by atoms with Crippen LogP contribution in [0.4, 0.5) is 5.69 Å². The summed E-state index contributed by atoms with van der Waals surface area (Å²) in [6, 6.07) is 9.51. The van der Waals surface area contributed by atoms with Gasteiger partial charge in [0.05, 0.1) is 18.9 Å². The molecule has 8 heteroatoms. The maximum atomic E-state index is 12.8. The molecule has 1 saturated heterocycles. The summed E-state index contributed by atoms with van der Waals surface area (Å²) in [4.78, 5) is 16.2. The molecule has 1 fully saturated rings. The molecule has 1 aromatic carbocycles. The Morgan fingerprint density at radius 1 is 1.08 bits per heavy atom. The summed E-state index contributed by atoms with van der Waals surface area (Å²) in [7, 11) is -3.69. The molecule has 2 heterocycles. The molecule has 3 rings (SSSR count). The highest BCUT2D eigenvalue weighted by atomic mass is 32.2. The molecule has 1 aliphatic heterocycles. The predicted octanol–water partition coefficient (Wildman–Crippen LogP) is 1.35. The number of nitrogens with zero attached hydrogens (tertiary/aromatic N) is 2. The van der Waals surface area contributed by atoms with Gasteiger partial charge in [-0.1, -0.05) is 12.1 Å². The molecule has 0 aliphatic carbocycles. The number of ether oxygens (including phenoxy) is 1. The molecule has 126 valence electrons. The molecule has 0 atom stereocenters. The van der Waals surface area contributed by atoms with Crippen LogP contribution < -0.4 is 5.32 Å². The average Bonchev–Trinajstić information content (AvgIpc) is 2.63. The van der Waals surface area contributed by atoms with Gasteiger partial charge in [-0.05, 0) is 24.3 Å². The maximum absolute atomic E-state index is 12.8. The number of carbonyl (C=O) groups excluding carboxylic acids is 1. The quantitative estimate of drug-likeness (QED) is 0.902. The maximum Gasteiger partial charge on any atom is 0.255 e. The molecular weight excluding hydrogens is 330 g/mol. The fourth-order valence-corrected chi connectivity index (χ4v) is 3.97. The van der Waals surface area contributed by atoms with E-state index < -0.39 is 10.0 Å². The van der Waals surface area contributed by atoms with Crippen molar-refractivity contribution in [3.8, 4) is 0 Å². The number of hydrogen-bond donors (Lipinski definition) is 1. The zero-order chi connectivity index (χ0) is 17.0. The van der Waals surface area contributed by atoms with E-state index in [0.717, 1.165) is 0 Å². The standard InChI is InChI=1S/C16H17N3O4S/c20-16(13-5-7-17-8-6-13)18-14-3-1-2-4-15(14)24(21,22)19-9-11-23-12-10-19/h1-8H,9-12H2,(H,18,20). The van der Waals surface area contributed by atoms with E-state index in [4.69, 9.17) is 4.74 Å². The van der Waals surface area contributed by atoms with Crippen LogP contribution in [0.3, 0.4) is 0 Å². The van der Waals surface area contributed by atoms with Gasteiger partial charge in [0.1, 0.15) is 4.90 Å². The van der Waals surface area contributed by atoms with Gasteiger partial charge >= 0.3 is 0 Å². The van der Waals surface area contributed by atoms with Crippen molar-refractivity contribution in [2.45, 2.75) is 4.90 Å². The minimum Gasteiger partial charge on any atom is -0.379 e. The van der Waals surface area contributed by atoms with E-state index in [1.807, 2.05) is 0 Å². The number of rotatable bonds is 4. The largest absolute Gasteiger partial charge is 0.379 e. The number of nitrogens with one attached hydrogen (secondary N) is 1. The van der Waals surface area contributed by atoms with Crippen LogP contribution in [0.5, 0.6) is 0 Å². The van der Waals surface area contributed by atoms with Crippen molar-refractivity contribution in [1.82, 2.24) is 9.29 Å². The average molecular weight is 347 g/mol. The summed E-state index contributed by atoms with van der Waals surface area (Å²) in [5.74, 6) is -0.387. The Balaban J connectivity index is 1.89. The number of benzene rings is 1. The van der Waals surface area contributed by atoms with Gasteiger partial charge in [0.2, 0.25) is 10.0 Å². The zero-order valence-electron chi connectivity index (χ0n) is 12.9. The smallest absolute Gasteiger partial charge is 0.255 e. The summed E-state index contributed by atoms with van der Waals surface area (Å²) in [5.41, 5.74) is 0.661. The Morgan fingerprint density at radius 3 is 2.46 bits per heavy atom. The number of pyridine rings is 1. The Labute approximate surface area is 140 Å². The number of morpholine rings is 1. The van der Waals surface area contributed by atoms with E-state index in [1.54, 1.807) is 30.3 Å². The van der Waals surface area contributed by atoms with Crippen molar-refractivity contribution >= 4 is 21.6 Å². The lowest BCUT2D eigenvalue weighted by atomic mass is 10.2. The molecule has 1 aliphatic rings. The summed E-state index contributed by atoms with van der Waals surface area (Å²) in [6.07, 6.45) is 3.01. The van der Waals surface area contributed by atoms with Gasteiger partial charge < -0.3 is 10.1 Å². The fraction of sp³-hybridized carbons (Fsp3) is 0.250. The van der Waals surface area contributed by atoms with E-state index >= 15 is 0 Å². The Hall–Kier alpha value is -2.29. The summed E-state index contributed by atoms with van der Waals surface area (Å²) < 4.78 is 32.2. The van der Waals surface area contributed by atoms with E-state index in [9.17, 15) is 13.2 Å². The second-order valence-corrected chi connectivity index (χ2v) is 7.11. The van der Waals surface area contributed by atoms with Crippen LogP contribution in [0.15, 0.2) is 53.7 Å². The first-order valence-corrected chi connectivity index (χ1v) is 8.91. The number of hydrogen-bond acceptors (Lipinski definition) is 5. The number of anilines is 1. The molecular formula is C16H17N3O4S. The molecule has 0 radical (unpaired) electrons. The van der Waals surface area contributed by atoms with Gasteiger partial charge in [0, 0.05) is 31.0 Å². The highest BCUT2D eigenvalue weighted by Gasteiger charge is 2.28. The molecule has 0 spiro atoms. The second-order valence-electron chi connectivity index (χ2n) is 5.20. The summed E-state index contributed by atoms with van der Waals surface area (Å²) in [5, 5.41) is 2.67. The third-order valence-corrected chi connectivity index (χ3v) is 5.62. The third-order valence-electron chi connectivity index (χ3n) is 3.67. The first-order chi connectivity index (χ1) is 11.6. The molecule has 7 nitrogen and oxygen atoms in total. The number of sulfonamides is 1. The van der Waals surface area contributed by atoms with Gasteiger partial charge in [0.15, 0.2) is 0 Å². The van der Waals surface area contributed by atoms with Crippen LogP contribution in [0.25, 0.3) is 0 Å². The second kappa shape index (κ2) is 7.08. The summed E-state index contributed by atoms with van der Waals surface area (Å²) in [6.45, 7) is 1.33. The summed E-state index contributed by atoms with van der Waals surface area (Å²) >= 11 is 0. The van der Waals surface area contributed by atoms with Crippen molar-refractivity contribution in [3.63, 3.8) is 0 Å². The van der Waals surface area contributed by atoms with E-state index in [1.165, 1.54) is 22.8 Å². The molecule has 1 N–H and O–H groups in total. The van der Waals surface area contributed by atoms with Crippen molar-refractivity contribution in [3.05, 3.63) is 54.4 Å². The van der Waals surface area contributed by atoms with Crippen LogP contribution in [0, 0.1) is 0 Å². The lowest BCUT2D eigenvalue weighted by Crippen LogP contribution is -2.40. The minimum atomic E-state index is -3.69. The van der Waals surface area contributed by atoms with Gasteiger partial charge in [-0.15, -0.1) is 0 Å². The zero-order valence-corrected chi connectivity index (χ0v) is 13.7. The van der Waals surface area contributed by atoms with Gasteiger partial charge in [-0.25, -0.2) is 8.42 Å². The van der Waals surface area contributed by atoms with Crippen molar-refractivity contribution in [2.75, 3.05) is 31.6 Å². The van der Waals surface area contributed by atoms with Crippen LogP contribution >= 0.6 is 0 Å². The lowest BCUT2D eigenvalue weighted by Gasteiger charge is -2.26. The molecule has 24 heavy (non-hydrogen) atoms. The molecule has 0 saturated carbocycles. The highest BCUT2D eigenvalue weighted by Crippen LogP contribution is 2.25. The van der Waals surface area contributed by atoms with Gasteiger partial charge in [-0.2, -0.15) is 4.31 Å². The molecule has 2 aromatic rings. The van der Waals surface area contributed by atoms with E-state index in [-0.39, 0.29) is 16.5 Å². The number of carbonyl (C=O) groups is 1. The predicted molar refractivity (Wildman–Crippen MR) is 88.2 cm³/mol. The first-order valence-electron chi connectivity index (χ1n) is 7.47. The van der Waals surface area contributed by atoms with Crippen LogP contribution in [-0.4, -0.2) is 49.9 Å². The topological polar surface area (TPSA) is 88.6 Å². The third kappa shape index (κ3) is 3.45. The minimum absolute atomic E-state index is 0.0781. The lowest BCUT2D eigenvalue weighted by molar-refractivity contribution is 0.0730. The highest BCUT2D eigenvalue weighted by molar-refractivity contribution is 7.89. The SMILES string of the molecule is O=C(Nc1ccccc1S(=O)(=O)N1CCOCC1)c1ccncc1. The number of para-hydroxylation sites is 1. The van der Waals surface area contributed by atoms with Crippen molar-refractivity contribution in [2.24, 2.45) is 0 Å². The Morgan fingerprint density at radius 2 is 1.75 bits per heavy atom. The Bertz CT molecular complexity index is 818. The molecule has 0 bridgehead atoms. The van der Waals surface area contributed by atoms with E-state index in [2.05, 4.69) is 10.3 Å². The van der Waals surface area contributed by atoms with Crippen LogP contribution in [-0.2, 0) is 14.8 Å². The first kappa shape index (κ1) is 16.6. The van der Waals surface area contributed by atoms with Crippen LogP contribution in [0.1, 0.15) is 10.4 Å². The van der Waals surface area contributed by atoms with E-state index in [0.29, 0.717) is 31.9 Å². The van der Waals surface area contributed by atoms with Crippen molar-refractivity contribution < 1.29 is 17.9 Å². The molecule has 1 amide bonds. The monoisotopic (exact) mass is 347 g/mol.